The summed E-state index contributed by atoms with van der Waals surface area (Å²) in [6.45, 7) is 0. The van der Waals surface area contributed by atoms with Crippen LogP contribution in [0.25, 0.3) is 78.7 Å². The van der Waals surface area contributed by atoms with Crippen molar-refractivity contribution >= 4 is 0 Å². The van der Waals surface area contributed by atoms with Crippen LogP contribution in [0, 0.1) is 35.0 Å². The van der Waals surface area contributed by atoms with Gasteiger partial charge in [0.1, 0.15) is 0 Å². The van der Waals surface area contributed by atoms with E-state index < -0.39 is 0 Å². The van der Waals surface area contributed by atoms with Gasteiger partial charge in [-0.25, -0.2) is 15.0 Å². The van der Waals surface area contributed by atoms with Crippen molar-refractivity contribution in [1.82, 2.24) is 15.0 Å². The molecule has 1 heterocycles. The maximum absolute atomic E-state index is 9.82. The summed E-state index contributed by atoms with van der Waals surface area (Å²) in [5.74, 6) is 5.02. The van der Waals surface area contributed by atoms with E-state index in [-0.39, 0.29) is 5.41 Å². The van der Waals surface area contributed by atoms with Gasteiger partial charge in [-0.1, -0.05) is 152 Å². The van der Waals surface area contributed by atoms with E-state index in [0.29, 0.717) is 34.9 Å². The van der Waals surface area contributed by atoms with Crippen molar-refractivity contribution in [2.24, 2.45) is 23.7 Å². The average molecular weight is 771 g/mol. The maximum Gasteiger partial charge on any atom is 0.164 e. The summed E-state index contributed by atoms with van der Waals surface area (Å²) in [5, 5.41) is 9.82. The fourth-order valence-electron chi connectivity index (χ4n) is 12.1. The van der Waals surface area contributed by atoms with Gasteiger partial charge in [0.25, 0.3) is 0 Å². The summed E-state index contributed by atoms with van der Waals surface area (Å²) in [7, 11) is 0. The molecule has 4 bridgehead atoms. The van der Waals surface area contributed by atoms with Crippen molar-refractivity contribution in [1.29, 1.82) is 5.26 Å². The molecule has 0 N–H and O–H groups in total. The van der Waals surface area contributed by atoms with Crippen molar-refractivity contribution in [2.45, 2.75) is 37.5 Å². The maximum atomic E-state index is 9.82. The van der Waals surface area contributed by atoms with Gasteiger partial charge in [-0.05, 0) is 130 Å². The predicted octanol–water partition coefficient (Wildman–Crippen LogP) is 13.5. The van der Waals surface area contributed by atoms with Crippen LogP contribution in [0.4, 0.5) is 0 Å². The van der Waals surface area contributed by atoms with Gasteiger partial charge in [-0.2, -0.15) is 5.26 Å². The zero-order valence-electron chi connectivity index (χ0n) is 33.3. The number of nitriles is 1. The molecule has 4 nitrogen and oxygen atoms in total. The second kappa shape index (κ2) is 13.8. The molecule has 13 rings (SSSR count). The predicted molar refractivity (Wildman–Crippen MR) is 240 cm³/mol. The molecule has 1 spiro atoms. The first-order valence-corrected chi connectivity index (χ1v) is 21.5. The first-order chi connectivity index (χ1) is 29.6. The molecular formula is C56H42N4. The van der Waals surface area contributed by atoms with Gasteiger partial charge in [-0.3, -0.25) is 0 Å². The molecule has 1 aromatic heterocycles. The van der Waals surface area contributed by atoms with E-state index in [1.54, 1.807) is 5.56 Å². The van der Waals surface area contributed by atoms with Crippen LogP contribution in [0.5, 0.6) is 0 Å². The van der Waals surface area contributed by atoms with Crippen molar-refractivity contribution in [2.75, 3.05) is 0 Å². The summed E-state index contributed by atoms with van der Waals surface area (Å²) >= 11 is 0. The Balaban J connectivity index is 0.990. The van der Waals surface area contributed by atoms with Crippen LogP contribution >= 0.6 is 0 Å². The van der Waals surface area contributed by atoms with Crippen LogP contribution in [0.1, 0.15) is 48.8 Å². The minimum atomic E-state index is 0.0107. The Kier molecular flexibility index (Phi) is 8.07. The van der Waals surface area contributed by atoms with Gasteiger partial charge in [0.15, 0.2) is 17.5 Å². The highest BCUT2D eigenvalue weighted by molar-refractivity contribution is 5.95. The quantitative estimate of drug-likeness (QED) is 0.169. The molecule has 7 aromatic carbocycles. The molecule has 5 aliphatic rings. The third-order valence-electron chi connectivity index (χ3n) is 14.4. The van der Waals surface area contributed by atoms with E-state index in [1.165, 1.54) is 71.0 Å². The largest absolute Gasteiger partial charge is 0.208 e. The number of fused-ring (bicyclic) bond motifs is 3. The van der Waals surface area contributed by atoms with Crippen LogP contribution < -0.4 is 0 Å². The second-order valence-corrected chi connectivity index (χ2v) is 17.5. The lowest BCUT2D eigenvalue weighted by molar-refractivity contribution is -0.0399. The molecular weight excluding hydrogens is 729 g/mol. The van der Waals surface area contributed by atoms with Crippen molar-refractivity contribution in [3.05, 3.63) is 187 Å². The summed E-state index contributed by atoms with van der Waals surface area (Å²) in [4.78, 5) is 15.1. The fraction of sp³-hybridized carbons (Fsp3) is 0.179. The monoisotopic (exact) mass is 770 g/mol. The molecule has 60 heavy (non-hydrogen) atoms. The van der Waals surface area contributed by atoms with Gasteiger partial charge < -0.3 is 0 Å². The van der Waals surface area contributed by atoms with E-state index in [2.05, 4.69) is 115 Å². The molecule has 8 aromatic rings. The minimum absolute atomic E-state index is 0.0107. The Hall–Kier alpha value is -6.96. The van der Waals surface area contributed by atoms with Gasteiger partial charge in [0.2, 0.25) is 0 Å². The molecule has 0 radical (unpaired) electrons. The zero-order valence-corrected chi connectivity index (χ0v) is 33.3. The van der Waals surface area contributed by atoms with Gasteiger partial charge in [0, 0.05) is 22.1 Å². The fourth-order valence-corrected chi connectivity index (χ4v) is 12.1. The Labute approximate surface area is 351 Å². The first kappa shape index (κ1) is 35.0. The molecule has 0 atom stereocenters. The van der Waals surface area contributed by atoms with Gasteiger partial charge in [0.05, 0.1) is 11.6 Å². The Bertz CT molecular complexity index is 2910. The third kappa shape index (κ3) is 5.46. The molecule has 4 fully saturated rings. The molecule has 4 saturated carbocycles. The summed E-state index contributed by atoms with van der Waals surface area (Å²) in [5.41, 5.74) is 16.5. The molecule has 4 heteroatoms. The third-order valence-corrected chi connectivity index (χ3v) is 14.4. The number of aromatic nitrogens is 3. The normalized spacial score (nSPS) is 21.7. The molecule has 0 saturated heterocycles. The standard InChI is InChI=1S/C56H42N4/c57-34-44-15-7-8-18-47(44)37-21-23-38(24-22-37)48-19-10-20-50-52(48)49-26-25-42(33-51(49)56(50)45-28-35-27-36(30-45)31-46(56)29-35)41-16-9-17-43(32-41)55-59-53(39-11-3-1-4-12-39)58-54(60-55)40-13-5-2-6-14-40/h1-26,32-33,35-36,45-46H,27-31H2. The van der Waals surface area contributed by atoms with Crippen LogP contribution in [-0.4, -0.2) is 15.0 Å². The lowest BCUT2D eigenvalue weighted by Crippen LogP contribution is -2.55. The Morgan fingerprint density at radius 3 is 1.55 bits per heavy atom. The van der Waals surface area contributed by atoms with Crippen molar-refractivity contribution in [3.8, 4) is 84.7 Å². The number of hydrogen-bond acceptors (Lipinski definition) is 4. The lowest BCUT2D eigenvalue weighted by atomic mass is 9.43. The summed E-state index contributed by atoms with van der Waals surface area (Å²) in [6.07, 6.45) is 6.74. The SMILES string of the molecule is N#Cc1ccccc1-c1ccc(-c2cccc3c2-c2ccc(-c4cccc(-c5nc(-c6ccccc6)nc(-c6ccccc6)n5)c4)cc2C32C3CC4CC(C3)CC2C4)cc1. The Morgan fingerprint density at radius 2 is 0.900 bits per heavy atom. The van der Waals surface area contributed by atoms with Crippen LogP contribution in [0.2, 0.25) is 0 Å². The number of hydrogen-bond donors (Lipinski definition) is 0. The highest BCUT2D eigenvalue weighted by Gasteiger charge is 2.61. The molecule has 0 amide bonds. The summed E-state index contributed by atoms with van der Waals surface area (Å²) < 4.78 is 0. The van der Waals surface area contributed by atoms with Crippen molar-refractivity contribution < 1.29 is 0 Å². The molecule has 0 aliphatic heterocycles. The number of benzene rings is 7. The van der Waals surface area contributed by atoms with E-state index in [4.69, 9.17) is 15.0 Å². The first-order valence-electron chi connectivity index (χ1n) is 21.5. The minimum Gasteiger partial charge on any atom is -0.208 e. The molecule has 0 unspecified atom stereocenters. The van der Waals surface area contributed by atoms with Crippen LogP contribution in [0.3, 0.4) is 0 Å². The average Bonchev–Trinajstić information content (AvgIpc) is 3.61. The topological polar surface area (TPSA) is 62.5 Å². The Morgan fingerprint density at radius 1 is 0.400 bits per heavy atom. The zero-order chi connectivity index (χ0) is 39.8. The van der Waals surface area contributed by atoms with Gasteiger partial charge >= 0.3 is 0 Å². The number of rotatable bonds is 6. The van der Waals surface area contributed by atoms with E-state index in [0.717, 1.165) is 39.7 Å². The highest BCUT2D eigenvalue weighted by atomic mass is 15.0. The van der Waals surface area contributed by atoms with Crippen LogP contribution in [-0.2, 0) is 5.41 Å². The lowest BCUT2D eigenvalue weighted by Gasteiger charge is -2.61. The van der Waals surface area contributed by atoms with Crippen molar-refractivity contribution in [3.63, 3.8) is 0 Å². The second-order valence-electron chi connectivity index (χ2n) is 17.5. The summed E-state index contributed by atoms with van der Waals surface area (Å²) in [6, 6.07) is 62.8. The van der Waals surface area contributed by atoms with E-state index in [1.807, 2.05) is 60.7 Å². The molecule has 286 valence electrons. The number of nitrogens with zero attached hydrogens (tertiary/aromatic N) is 4. The van der Waals surface area contributed by atoms with Crippen LogP contribution in [0.15, 0.2) is 170 Å². The van der Waals surface area contributed by atoms with E-state index >= 15 is 0 Å². The smallest absolute Gasteiger partial charge is 0.164 e. The molecule has 5 aliphatic carbocycles. The highest BCUT2D eigenvalue weighted by Crippen LogP contribution is 2.70. The van der Waals surface area contributed by atoms with Gasteiger partial charge in [-0.15, -0.1) is 0 Å². The van der Waals surface area contributed by atoms with E-state index in [9.17, 15) is 5.26 Å².